The van der Waals surface area contributed by atoms with Crippen molar-refractivity contribution in [2.24, 2.45) is 0 Å². The van der Waals surface area contributed by atoms with Gasteiger partial charge in [0.1, 0.15) is 13.2 Å². The molecule has 0 saturated heterocycles. The van der Waals surface area contributed by atoms with Gasteiger partial charge in [0, 0.05) is 19.3 Å². The van der Waals surface area contributed by atoms with Crippen molar-refractivity contribution in [3.05, 3.63) is 134 Å². The van der Waals surface area contributed by atoms with Crippen LogP contribution in [-0.4, -0.2) is 37.2 Å². The Morgan fingerprint density at radius 3 is 0.747 bits per heavy atom. The molecule has 0 aromatic rings. The molecule has 0 fully saturated rings. The maximum atomic E-state index is 12.9. The molecule has 0 aliphatic rings. The highest BCUT2D eigenvalue weighted by Crippen LogP contribution is 2.16. The number of hydrogen-bond donors (Lipinski definition) is 0. The smallest absolute Gasteiger partial charge is 0.306 e. The summed E-state index contributed by atoms with van der Waals surface area (Å²) >= 11 is 0. The number of carbonyl (C=O) groups is 3. The molecule has 0 spiro atoms. The van der Waals surface area contributed by atoms with Crippen LogP contribution in [0, 0.1) is 0 Å². The first-order valence-electron chi connectivity index (χ1n) is 34.7. The van der Waals surface area contributed by atoms with E-state index in [2.05, 4.69) is 154 Å². The lowest BCUT2D eigenvalue weighted by molar-refractivity contribution is -0.167. The Labute approximate surface area is 513 Å². The van der Waals surface area contributed by atoms with Gasteiger partial charge in [0.25, 0.3) is 0 Å². The molecule has 1 unspecified atom stereocenters. The van der Waals surface area contributed by atoms with Crippen molar-refractivity contribution in [2.45, 2.75) is 322 Å². The second-order valence-corrected chi connectivity index (χ2v) is 22.7. The highest BCUT2D eigenvalue weighted by molar-refractivity contribution is 5.71. The van der Waals surface area contributed by atoms with Gasteiger partial charge in [0.2, 0.25) is 0 Å². The first-order chi connectivity index (χ1) is 41.0. The number of allylic oxidation sites excluding steroid dienone is 22. The van der Waals surface area contributed by atoms with Crippen LogP contribution in [0.4, 0.5) is 0 Å². The van der Waals surface area contributed by atoms with Crippen LogP contribution >= 0.6 is 0 Å². The summed E-state index contributed by atoms with van der Waals surface area (Å²) in [5, 5.41) is 0. The highest BCUT2D eigenvalue weighted by atomic mass is 16.6. The van der Waals surface area contributed by atoms with Gasteiger partial charge in [0.15, 0.2) is 6.10 Å². The van der Waals surface area contributed by atoms with Crippen molar-refractivity contribution in [1.82, 2.24) is 0 Å². The second kappa shape index (κ2) is 70.0. The van der Waals surface area contributed by atoms with E-state index in [0.29, 0.717) is 19.3 Å². The zero-order chi connectivity index (χ0) is 59.9. The number of rotatable bonds is 62. The SMILES string of the molecule is CC/C=C\C/C=C\C/C=C\C/C=C\C/C=C\C/C=C\CCCCCCCCC(=O)OC(COC(=O)CCCCC/C=C\C/C=C\C/C=C\CC)COC(=O)CCCCCCCCCCCCCCCCC/C=C\C/C=C\CCCCCCC. The molecule has 0 amide bonds. The predicted molar refractivity (Wildman–Crippen MR) is 362 cm³/mol. The van der Waals surface area contributed by atoms with E-state index in [1.54, 1.807) is 0 Å². The zero-order valence-corrected chi connectivity index (χ0v) is 54.2. The molecule has 0 bridgehead atoms. The number of carbonyl (C=O) groups excluding carboxylic acids is 3. The molecule has 0 aromatic heterocycles. The van der Waals surface area contributed by atoms with Crippen molar-refractivity contribution in [1.29, 1.82) is 0 Å². The van der Waals surface area contributed by atoms with Gasteiger partial charge in [-0.2, -0.15) is 0 Å². The molecular weight excluding hydrogens is 1020 g/mol. The Balaban J connectivity index is 4.34. The molecule has 6 nitrogen and oxygen atoms in total. The Bertz CT molecular complexity index is 1750. The summed E-state index contributed by atoms with van der Waals surface area (Å²) in [4.78, 5) is 38.4. The summed E-state index contributed by atoms with van der Waals surface area (Å²) in [6.45, 7) is 6.38. The molecular formula is C77H128O6. The van der Waals surface area contributed by atoms with Crippen molar-refractivity contribution in [3.8, 4) is 0 Å². The summed E-state index contributed by atoms with van der Waals surface area (Å²) < 4.78 is 16.9. The van der Waals surface area contributed by atoms with Gasteiger partial charge < -0.3 is 14.2 Å². The Morgan fingerprint density at radius 2 is 0.470 bits per heavy atom. The molecule has 0 saturated carbocycles. The van der Waals surface area contributed by atoms with Crippen LogP contribution in [0.2, 0.25) is 0 Å². The normalized spacial score (nSPS) is 13.0. The molecule has 0 rings (SSSR count). The van der Waals surface area contributed by atoms with Gasteiger partial charge in [-0.3, -0.25) is 14.4 Å². The molecule has 472 valence electrons. The quantitative estimate of drug-likeness (QED) is 0.0261. The van der Waals surface area contributed by atoms with E-state index in [9.17, 15) is 14.4 Å². The lowest BCUT2D eigenvalue weighted by atomic mass is 10.0. The van der Waals surface area contributed by atoms with Crippen LogP contribution in [0.1, 0.15) is 316 Å². The van der Waals surface area contributed by atoms with Gasteiger partial charge in [-0.05, 0) is 135 Å². The number of ether oxygens (including phenoxy) is 3. The van der Waals surface area contributed by atoms with E-state index in [-0.39, 0.29) is 31.1 Å². The molecule has 0 aromatic carbocycles. The lowest BCUT2D eigenvalue weighted by Gasteiger charge is -2.18. The first-order valence-corrected chi connectivity index (χ1v) is 34.7. The second-order valence-electron chi connectivity index (χ2n) is 22.7. The van der Waals surface area contributed by atoms with Crippen LogP contribution < -0.4 is 0 Å². The van der Waals surface area contributed by atoms with E-state index in [1.807, 2.05) is 0 Å². The van der Waals surface area contributed by atoms with Crippen molar-refractivity contribution in [3.63, 3.8) is 0 Å². The summed E-state index contributed by atoms with van der Waals surface area (Å²) in [5.41, 5.74) is 0. The van der Waals surface area contributed by atoms with Gasteiger partial charge in [-0.1, -0.05) is 296 Å². The van der Waals surface area contributed by atoms with Crippen LogP contribution in [0.15, 0.2) is 134 Å². The van der Waals surface area contributed by atoms with Gasteiger partial charge in [-0.25, -0.2) is 0 Å². The van der Waals surface area contributed by atoms with Crippen molar-refractivity contribution >= 4 is 17.9 Å². The fourth-order valence-corrected chi connectivity index (χ4v) is 9.49. The minimum absolute atomic E-state index is 0.0960. The first kappa shape index (κ1) is 78.5. The van der Waals surface area contributed by atoms with Gasteiger partial charge in [-0.15, -0.1) is 0 Å². The van der Waals surface area contributed by atoms with E-state index >= 15 is 0 Å². The Kier molecular flexibility index (Phi) is 66.3. The molecule has 0 aliphatic heterocycles. The topological polar surface area (TPSA) is 78.9 Å². The van der Waals surface area contributed by atoms with Crippen LogP contribution in [0.3, 0.4) is 0 Å². The third kappa shape index (κ3) is 68.2. The monoisotopic (exact) mass is 1150 g/mol. The molecule has 0 N–H and O–H groups in total. The van der Waals surface area contributed by atoms with E-state index in [0.717, 1.165) is 141 Å². The summed E-state index contributed by atoms with van der Waals surface area (Å²) in [6.07, 6.45) is 99.1. The fourth-order valence-electron chi connectivity index (χ4n) is 9.49. The predicted octanol–water partition coefficient (Wildman–Crippen LogP) is 24.1. The number of hydrogen-bond acceptors (Lipinski definition) is 6. The van der Waals surface area contributed by atoms with Crippen LogP contribution in [-0.2, 0) is 28.6 Å². The van der Waals surface area contributed by atoms with Crippen molar-refractivity contribution in [2.75, 3.05) is 13.2 Å². The zero-order valence-electron chi connectivity index (χ0n) is 54.2. The van der Waals surface area contributed by atoms with Gasteiger partial charge >= 0.3 is 17.9 Å². The molecule has 1 atom stereocenters. The highest BCUT2D eigenvalue weighted by Gasteiger charge is 2.19. The molecule has 0 heterocycles. The average molecular weight is 1150 g/mol. The van der Waals surface area contributed by atoms with Crippen molar-refractivity contribution < 1.29 is 28.6 Å². The minimum atomic E-state index is -0.804. The summed E-state index contributed by atoms with van der Waals surface area (Å²) in [6, 6.07) is 0. The standard InChI is InChI=1S/C77H128O6/c1-4-7-10-13-16-19-22-25-27-29-31-33-35-37-38-40-41-43-45-47-49-52-55-58-61-64-67-70-76(79)82-73-74(72-81-75(78)69-66-63-60-57-54-51-24-21-18-15-12-9-6-3)83-77(80)71-68-65-62-59-56-53-50-48-46-44-42-39-36-34-32-30-28-26-23-20-17-14-11-8-5-2/h8-9,11-12,17-18,20-22,25-26,28-29,31-32,34,39,42,46,48,51,54,74H,4-7,10,13-16,19,23-24,27,30,33,35-38,40-41,43-45,47,49-50,52-53,55-73H2,1-3H3/b11-8-,12-9-,20-17-,21-18-,25-22-,28-26-,31-29-,34-32-,42-39-,48-46-,54-51-. The van der Waals surface area contributed by atoms with E-state index in [1.165, 1.54) is 135 Å². The Morgan fingerprint density at radius 1 is 0.253 bits per heavy atom. The summed E-state index contributed by atoms with van der Waals surface area (Å²) in [5.74, 6) is -0.935. The Hall–Kier alpha value is -4.45. The lowest BCUT2D eigenvalue weighted by Crippen LogP contribution is -2.30. The minimum Gasteiger partial charge on any atom is -0.462 e. The largest absolute Gasteiger partial charge is 0.462 e. The molecule has 0 radical (unpaired) electrons. The average Bonchev–Trinajstić information content (AvgIpc) is 3.49. The summed E-state index contributed by atoms with van der Waals surface area (Å²) in [7, 11) is 0. The van der Waals surface area contributed by atoms with Crippen LogP contribution in [0.5, 0.6) is 0 Å². The molecule has 0 aliphatic carbocycles. The number of unbranched alkanes of at least 4 members (excludes halogenated alkanes) is 29. The van der Waals surface area contributed by atoms with Gasteiger partial charge in [0.05, 0.1) is 0 Å². The third-order valence-electron chi connectivity index (χ3n) is 14.6. The van der Waals surface area contributed by atoms with E-state index in [4.69, 9.17) is 14.2 Å². The molecule has 83 heavy (non-hydrogen) atoms. The maximum absolute atomic E-state index is 12.9. The fraction of sp³-hybridized carbons (Fsp3) is 0.675. The number of esters is 3. The van der Waals surface area contributed by atoms with Crippen LogP contribution in [0.25, 0.3) is 0 Å². The third-order valence-corrected chi connectivity index (χ3v) is 14.6. The maximum Gasteiger partial charge on any atom is 0.306 e. The molecule has 6 heteroatoms. The van der Waals surface area contributed by atoms with E-state index < -0.39 is 6.10 Å².